The first-order chi connectivity index (χ1) is 11.2. The molecule has 0 amide bonds. The van der Waals surface area contributed by atoms with E-state index in [-0.39, 0.29) is 12.1 Å². The van der Waals surface area contributed by atoms with Crippen molar-refractivity contribution >= 4 is 5.97 Å². The molecule has 0 aliphatic rings. The second-order valence-electron chi connectivity index (χ2n) is 7.25. The molecule has 3 nitrogen and oxygen atoms in total. The molecule has 0 radical (unpaired) electrons. The molecular weight excluding hydrogens is 298 g/mol. The number of hydrogen-bond acceptors (Lipinski definition) is 3. The van der Waals surface area contributed by atoms with Crippen LogP contribution in [0.2, 0.25) is 0 Å². The Labute approximate surface area is 151 Å². The van der Waals surface area contributed by atoms with Gasteiger partial charge < -0.3 is 10.9 Å². The third-order valence-corrected chi connectivity index (χ3v) is 4.86. The quantitative estimate of drug-likeness (QED) is 0.224. The molecule has 0 fully saturated rings. The van der Waals surface area contributed by atoms with Crippen molar-refractivity contribution in [1.82, 2.24) is 6.15 Å². The second kappa shape index (κ2) is 20.5. The van der Waals surface area contributed by atoms with Crippen LogP contribution in [0.4, 0.5) is 0 Å². The number of esters is 1. The van der Waals surface area contributed by atoms with E-state index in [1.807, 2.05) is 0 Å². The van der Waals surface area contributed by atoms with Crippen LogP contribution < -0.4 is 6.15 Å². The summed E-state index contributed by atoms with van der Waals surface area (Å²) in [6, 6.07) is 0. The van der Waals surface area contributed by atoms with Gasteiger partial charge in [-0.3, -0.25) is 4.79 Å². The first-order valence-corrected chi connectivity index (χ1v) is 10.3. The molecule has 0 aromatic rings. The molecule has 1 unspecified atom stereocenters. The highest BCUT2D eigenvalue weighted by molar-refractivity contribution is 5.68. The van der Waals surface area contributed by atoms with Crippen molar-refractivity contribution in [3.8, 4) is 0 Å². The van der Waals surface area contributed by atoms with Crippen molar-refractivity contribution in [3.63, 3.8) is 0 Å². The Bertz CT molecular complexity index is 256. The molecule has 146 valence electrons. The van der Waals surface area contributed by atoms with Gasteiger partial charge in [-0.15, -0.1) is 0 Å². The molecule has 0 aromatic carbocycles. The van der Waals surface area contributed by atoms with E-state index in [2.05, 4.69) is 18.6 Å². The maximum absolute atomic E-state index is 11.0. The van der Waals surface area contributed by atoms with Crippen molar-refractivity contribution in [1.29, 1.82) is 0 Å². The monoisotopic (exact) mass is 343 g/mol. The van der Waals surface area contributed by atoms with Gasteiger partial charge >= 0.3 is 5.97 Å². The zero-order valence-electron chi connectivity index (χ0n) is 16.9. The summed E-state index contributed by atoms with van der Waals surface area (Å²) in [6.45, 7) is 4.60. The maximum atomic E-state index is 11.0. The first kappa shape index (κ1) is 25.7. The standard InChI is InChI=1S/C21H42O2.H3N/c1-4-5-6-7-8-9-10-11-12-13-14-15-17-20(2)18-16-19-21(22)23-3;/h20H,4-19H2,1-3H3;1H3. The van der Waals surface area contributed by atoms with Gasteiger partial charge in [-0.25, -0.2) is 0 Å². The molecule has 0 bridgehead atoms. The van der Waals surface area contributed by atoms with Crippen molar-refractivity contribution in [3.05, 3.63) is 0 Å². The van der Waals surface area contributed by atoms with E-state index in [1.54, 1.807) is 0 Å². The fraction of sp³-hybridized carbons (Fsp3) is 0.952. The summed E-state index contributed by atoms with van der Waals surface area (Å²) in [7, 11) is 1.47. The van der Waals surface area contributed by atoms with E-state index in [4.69, 9.17) is 0 Å². The van der Waals surface area contributed by atoms with Crippen molar-refractivity contribution in [2.75, 3.05) is 7.11 Å². The van der Waals surface area contributed by atoms with Crippen LogP contribution in [-0.4, -0.2) is 13.1 Å². The molecule has 0 aliphatic heterocycles. The highest BCUT2D eigenvalue weighted by atomic mass is 16.5. The normalized spacial score (nSPS) is 11.8. The van der Waals surface area contributed by atoms with Gasteiger partial charge in [0, 0.05) is 6.42 Å². The lowest BCUT2D eigenvalue weighted by Gasteiger charge is -2.10. The van der Waals surface area contributed by atoms with Crippen molar-refractivity contribution < 1.29 is 9.53 Å². The third kappa shape index (κ3) is 19.5. The van der Waals surface area contributed by atoms with E-state index < -0.39 is 0 Å². The Morgan fingerprint density at radius 3 is 1.62 bits per heavy atom. The highest BCUT2D eigenvalue weighted by Crippen LogP contribution is 2.17. The predicted molar refractivity (Wildman–Crippen MR) is 106 cm³/mol. The van der Waals surface area contributed by atoms with Crippen molar-refractivity contribution in [2.24, 2.45) is 5.92 Å². The average molecular weight is 344 g/mol. The number of carbonyl (C=O) groups is 1. The molecule has 0 spiro atoms. The van der Waals surface area contributed by atoms with Gasteiger partial charge in [-0.05, 0) is 12.3 Å². The maximum Gasteiger partial charge on any atom is 0.305 e. The summed E-state index contributed by atoms with van der Waals surface area (Å²) in [6.07, 6.45) is 21.0. The summed E-state index contributed by atoms with van der Waals surface area (Å²) < 4.78 is 4.67. The highest BCUT2D eigenvalue weighted by Gasteiger charge is 2.05. The van der Waals surface area contributed by atoms with Crippen LogP contribution in [0.15, 0.2) is 0 Å². The minimum atomic E-state index is -0.0671. The summed E-state index contributed by atoms with van der Waals surface area (Å²) in [4.78, 5) is 11.0. The number of rotatable bonds is 17. The Balaban J connectivity index is 0. The lowest BCUT2D eigenvalue weighted by atomic mass is 9.96. The topological polar surface area (TPSA) is 61.3 Å². The van der Waals surface area contributed by atoms with E-state index in [0.29, 0.717) is 6.42 Å². The van der Waals surface area contributed by atoms with Crippen LogP contribution in [0.5, 0.6) is 0 Å². The van der Waals surface area contributed by atoms with Crippen molar-refractivity contribution in [2.45, 2.75) is 117 Å². The minimum Gasteiger partial charge on any atom is -0.469 e. The number of ether oxygens (including phenoxy) is 1. The molecule has 0 saturated heterocycles. The molecule has 3 heteroatoms. The van der Waals surface area contributed by atoms with Crippen LogP contribution in [-0.2, 0) is 9.53 Å². The summed E-state index contributed by atoms with van der Waals surface area (Å²) >= 11 is 0. The molecule has 0 rings (SSSR count). The average Bonchev–Trinajstić information content (AvgIpc) is 2.55. The van der Waals surface area contributed by atoms with E-state index in [0.717, 1.165) is 18.8 Å². The van der Waals surface area contributed by atoms with Gasteiger partial charge in [0.15, 0.2) is 0 Å². The van der Waals surface area contributed by atoms with Gasteiger partial charge in [-0.2, -0.15) is 0 Å². The van der Waals surface area contributed by atoms with Gasteiger partial charge in [0.2, 0.25) is 0 Å². The SMILES string of the molecule is CCCCCCCCCCCCCCC(C)CCCC(=O)OC.N. The Kier molecular flexibility index (Phi) is 21.9. The molecule has 0 saturated carbocycles. The molecule has 1 atom stereocenters. The molecule has 0 aromatic heterocycles. The summed E-state index contributed by atoms with van der Waals surface area (Å²) in [5, 5.41) is 0. The van der Waals surface area contributed by atoms with E-state index in [1.165, 1.54) is 90.6 Å². The summed E-state index contributed by atoms with van der Waals surface area (Å²) in [5.74, 6) is 0.686. The predicted octanol–water partition coefficient (Wildman–Crippen LogP) is 7.22. The number of unbranched alkanes of at least 4 members (excludes halogenated alkanes) is 11. The number of hydrogen-bond donors (Lipinski definition) is 1. The van der Waals surface area contributed by atoms with Crippen LogP contribution >= 0.6 is 0 Å². The second-order valence-corrected chi connectivity index (χ2v) is 7.25. The third-order valence-electron chi connectivity index (χ3n) is 4.86. The van der Waals surface area contributed by atoms with Gasteiger partial charge in [-0.1, -0.05) is 104 Å². The molecule has 24 heavy (non-hydrogen) atoms. The van der Waals surface area contributed by atoms with Gasteiger partial charge in [0.05, 0.1) is 7.11 Å². The Morgan fingerprint density at radius 1 is 0.750 bits per heavy atom. The molecule has 0 aliphatic carbocycles. The van der Waals surface area contributed by atoms with Gasteiger partial charge in [0.25, 0.3) is 0 Å². The largest absolute Gasteiger partial charge is 0.469 e. The molecule has 0 heterocycles. The Hall–Kier alpha value is -0.570. The van der Waals surface area contributed by atoms with Crippen LogP contribution in [0.3, 0.4) is 0 Å². The fourth-order valence-electron chi connectivity index (χ4n) is 3.18. The summed E-state index contributed by atoms with van der Waals surface area (Å²) in [5.41, 5.74) is 0. The molecule has 3 N–H and O–H groups in total. The lowest BCUT2D eigenvalue weighted by Crippen LogP contribution is -2.02. The van der Waals surface area contributed by atoms with E-state index >= 15 is 0 Å². The zero-order chi connectivity index (χ0) is 17.2. The van der Waals surface area contributed by atoms with Crippen LogP contribution in [0.25, 0.3) is 0 Å². The lowest BCUT2D eigenvalue weighted by molar-refractivity contribution is -0.140. The Morgan fingerprint density at radius 2 is 1.17 bits per heavy atom. The minimum absolute atomic E-state index is 0. The van der Waals surface area contributed by atoms with Gasteiger partial charge in [0.1, 0.15) is 0 Å². The number of carbonyl (C=O) groups excluding carboxylic acids is 1. The fourth-order valence-corrected chi connectivity index (χ4v) is 3.18. The van der Waals surface area contributed by atoms with E-state index in [9.17, 15) is 4.79 Å². The molecular formula is C21H45NO2. The smallest absolute Gasteiger partial charge is 0.305 e. The van der Waals surface area contributed by atoms with Crippen LogP contribution in [0, 0.1) is 5.92 Å². The first-order valence-electron chi connectivity index (χ1n) is 10.3. The zero-order valence-corrected chi connectivity index (χ0v) is 16.9. The van der Waals surface area contributed by atoms with Crippen LogP contribution in [0.1, 0.15) is 117 Å². The number of methoxy groups -OCH3 is 1.